The van der Waals surface area contributed by atoms with Crippen LogP contribution in [0.2, 0.25) is 0 Å². The number of nitrogens with one attached hydrogen (secondary N) is 1. The predicted octanol–water partition coefficient (Wildman–Crippen LogP) is 1.54. The molecule has 2 N–H and O–H groups in total. The number of ether oxygens (including phenoxy) is 1. The van der Waals surface area contributed by atoms with Crippen LogP contribution in [0.1, 0.15) is 32.7 Å². The van der Waals surface area contributed by atoms with E-state index in [2.05, 4.69) is 26.3 Å². The third-order valence-electron chi connectivity index (χ3n) is 3.59. The van der Waals surface area contributed by atoms with E-state index in [9.17, 15) is 9.90 Å². The van der Waals surface area contributed by atoms with E-state index in [1.165, 1.54) is 4.68 Å². The molecule has 0 unspecified atom stereocenters. The molecule has 1 aliphatic heterocycles. The van der Waals surface area contributed by atoms with E-state index < -0.39 is 5.54 Å². The lowest BCUT2D eigenvalue weighted by Crippen LogP contribution is -2.47. The molecule has 1 fully saturated rings. The third kappa shape index (κ3) is 3.05. The molecule has 2 rings (SSSR count). The molecule has 1 aromatic rings. The zero-order valence-electron chi connectivity index (χ0n) is 11.7. The van der Waals surface area contributed by atoms with E-state index in [1.807, 2.05) is 13.8 Å². The van der Waals surface area contributed by atoms with E-state index in [-0.39, 0.29) is 18.2 Å². The Morgan fingerprint density at radius 2 is 2.20 bits per heavy atom. The summed E-state index contributed by atoms with van der Waals surface area (Å²) in [5, 5.41) is 17.1. The van der Waals surface area contributed by atoms with E-state index >= 15 is 0 Å². The second-order valence-electron chi connectivity index (χ2n) is 5.39. The number of hydrogen-bond acceptors (Lipinski definition) is 5. The average molecular weight is 346 g/mol. The number of halogens is 1. The minimum atomic E-state index is -0.446. The van der Waals surface area contributed by atoms with Crippen LogP contribution in [-0.4, -0.2) is 40.2 Å². The molecule has 0 radical (unpaired) electrons. The van der Waals surface area contributed by atoms with Crippen LogP contribution >= 0.6 is 15.9 Å². The van der Waals surface area contributed by atoms with Crippen molar-refractivity contribution in [2.45, 2.75) is 38.3 Å². The fraction of sp³-hybridized carbons (Fsp3) is 0.692. The van der Waals surface area contributed by atoms with Crippen LogP contribution in [-0.2, 0) is 4.74 Å². The summed E-state index contributed by atoms with van der Waals surface area (Å²) in [7, 11) is 0. The zero-order chi connectivity index (χ0) is 14.8. The van der Waals surface area contributed by atoms with Gasteiger partial charge in [-0.3, -0.25) is 4.79 Å². The Kier molecular flexibility index (Phi) is 4.82. The number of nitrogens with zero attached hydrogens (tertiary/aromatic N) is 2. The van der Waals surface area contributed by atoms with Crippen molar-refractivity contribution in [3.05, 3.63) is 21.0 Å². The summed E-state index contributed by atoms with van der Waals surface area (Å²) in [6, 6.07) is 0.00253. The molecule has 0 bridgehead atoms. The quantitative estimate of drug-likeness (QED) is 0.865. The molecule has 1 saturated heterocycles. The smallest absolute Gasteiger partial charge is 0.283 e. The summed E-state index contributed by atoms with van der Waals surface area (Å²) < 4.78 is 7.19. The molecule has 2 heterocycles. The highest BCUT2D eigenvalue weighted by Crippen LogP contribution is 2.28. The Morgan fingerprint density at radius 1 is 1.55 bits per heavy atom. The third-order valence-corrected chi connectivity index (χ3v) is 4.35. The first kappa shape index (κ1) is 15.5. The van der Waals surface area contributed by atoms with Gasteiger partial charge in [0, 0.05) is 13.2 Å². The van der Waals surface area contributed by atoms with Crippen LogP contribution < -0.4 is 10.9 Å². The maximum atomic E-state index is 12.2. The van der Waals surface area contributed by atoms with Crippen LogP contribution in [0.5, 0.6) is 0 Å². The van der Waals surface area contributed by atoms with Crippen molar-refractivity contribution >= 4 is 21.6 Å². The second kappa shape index (κ2) is 6.24. The molecule has 1 aliphatic rings. The lowest BCUT2D eigenvalue weighted by atomic mass is 9.91. The van der Waals surface area contributed by atoms with Gasteiger partial charge in [0.1, 0.15) is 4.47 Å². The topological polar surface area (TPSA) is 76.4 Å². The van der Waals surface area contributed by atoms with Crippen molar-refractivity contribution in [3.8, 4) is 0 Å². The van der Waals surface area contributed by atoms with Crippen LogP contribution in [0.3, 0.4) is 0 Å². The van der Waals surface area contributed by atoms with Gasteiger partial charge in [0.2, 0.25) is 0 Å². The zero-order valence-corrected chi connectivity index (χ0v) is 13.3. The molecule has 0 aliphatic carbocycles. The monoisotopic (exact) mass is 345 g/mol. The van der Waals surface area contributed by atoms with Gasteiger partial charge >= 0.3 is 0 Å². The first-order valence-corrected chi connectivity index (χ1v) is 7.52. The van der Waals surface area contributed by atoms with Gasteiger partial charge in [-0.1, -0.05) is 0 Å². The maximum absolute atomic E-state index is 12.2. The normalized spacial score (nSPS) is 18.2. The predicted molar refractivity (Wildman–Crippen MR) is 80.1 cm³/mol. The van der Waals surface area contributed by atoms with Gasteiger partial charge in [-0.25, -0.2) is 4.68 Å². The Bertz CT molecular complexity index is 524. The number of aromatic nitrogens is 2. The second-order valence-corrected chi connectivity index (χ2v) is 6.18. The van der Waals surface area contributed by atoms with Crippen LogP contribution in [0.25, 0.3) is 0 Å². The van der Waals surface area contributed by atoms with Gasteiger partial charge in [-0.2, -0.15) is 5.10 Å². The fourth-order valence-electron chi connectivity index (χ4n) is 2.27. The van der Waals surface area contributed by atoms with E-state index in [1.54, 1.807) is 6.20 Å². The summed E-state index contributed by atoms with van der Waals surface area (Å²) >= 11 is 3.33. The van der Waals surface area contributed by atoms with Crippen LogP contribution in [0, 0.1) is 0 Å². The van der Waals surface area contributed by atoms with E-state index in [0.717, 1.165) is 0 Å². The van der Waals surface area contributed by atoms with Gasteiger partial charge in [-0.05, 0) is 42.6 Å². The highest BCUT2D eigenvalue weighted by molar-refractivity contribution is 9.10. The molecular weight excluding hydrogens is 326 g/mol. The Balaban J connectivity index is 2.29. The lowest BCUT2D eigenvalue weighted by molar-refractivity contribution is 0.0379. The van der Waals surface area contributed by atoms with Crippen LogP contribution in [0.4, 0.5) is 5.69 Å². The molecule has 0 atom stereocenters. The van der Waals surface area contributed by atoms with Gasteiger partial charge in [0.25, 0.3) is 5.56 Å². The van der Waals surface area contributed by atoms with Crippen molar-refractivity contribution in [1.82, 2.24) is 9.78 Å². The van der Waals surface area contributed by atoms with Gasteiger partial charge < -0.3 is 15.2 Å². The van der Waals surface area contributed by atoms with Crippen LogP contribution in [0.15, 0.2) is 15.5 Å². The summed E-state index contributed by atoms with van der Waals surface area (Å²) in [6.07, 6.45) is 3.02. The summed E-state index contributed by atoms with van der Waals surface area (Å²) in [5.74, 6) is 0. The minimum absolute atomic E-state index is 0.00253. The lowest BCUT2D eigenvalue weighted by Gasteiger charge is -2.37. The molecular formula is C13H20BrN3O3. The fourth-order valence-corrected chi connectivity index (χ4v) is 2.65. The molecule has 112 valence electrons. The summed E-state index contributed by atoms with van der Waals surface area (Å²) in [5.41, 5.74) is -0.00757. The SMILES string of the molecule is CC(C)n1ncc(NC2(CO)CCOCC2)c(Br)c1=O. The standard InChI is InChI=1S/C13H20BrN3O3/c1-9(2)17-12(19)11(14)10(7-15-17)16-13(8-18)3-5-20-6-4-13/h7,9,16,18H,3-6,8H2,1-2H3. The minimum Gasteiger partial charge on any atom is -0.394 e. The van der Waals surface area contributed by atoms with Gasteiger partial charge in [-0.15, -0.1) is 0 Å². The number of aliphatic hydroxyl groups excluding tert-OH is 1. The van der Waals surface area contributed by atoms with Crippen molar-refractivity contribution in [2.24, 2.45) is 0 Å². The Morgan fingerprint density at radius 3 is 2.75 bits per heavy atom. The average Bonchev–Trinajstić information content (AvgIpc) is 2.45. The van der Waals surface area contributed by atoms with Gasteiger partial charge in [0.15, 0.2) is 0 Å². The molecule has 20 heavy (non-hydrogen) atoms. The first-order chi connectivity index (χ1) is 9.49. The van der Waals surface area contributed by atoms with Crippen molar-refractivity contribution in [2.75, 3.05) is 25.1 Å². The Hall–Kier alpha value is -0.920. The summed E-state index contributed by atoms with van der Waals surface area (Å²) in [4.78, 5) is 12.2. The number of aliphatic hydroxyl groups is 1. The largest absolute Gasteiger partial charge is 0.394 e. The molecule has 0 saturated carbocycles. The number of anilines is 1. The van der Waals surface area contributed by atoms with Crippen molar-refractivity contribution < 1.29 is 9.84 Å². The molecule has 1 aromatic heterocycles. The van der Waals surface area contributed by atoms with E-state index in [4.69, 9.17) is 4.74 Å². The number of hydrogen-bond donors (Lipinski definition) is 2. The molecule has 0 aromatic carbocycles. The van der Waals surface area contributed by atoms with E-state index in [0.29, 0.717) is 36.2 Å². The number of rotatable bonds is 4. The molecule has 7 heteroatoms. The Labute approximate surface area is 126 Å². The van der Waals surface area contributed by atoms with Crippen molar-refractivity contribution in [1.29, 1.82) is 0 Å². The summed E-state index contributed by atoms with van der Waals surface area (Å²) in [6.45, 7) is 5.00. The highest BCUT2D eigenvalue weighted by atomic mass is 79.9. The molecule has 6 nitrogen and oxygen atoms in total. The van der Waals surface area contributed by atoms with Crippen molar-refractivity contribution in [3.63, 3.8) is 0 Å². The maximum Gasteiger partial charge on any atom is 0.283 e. The molecule has 0 spiro atoms. The van der Waals surface area contributed by atoms with Gasteiger partial charge in [0.05, 0.1) is 30.1 Å². The molecule has 0 amide bonds. The first-order valence-electron chi connectivity index (χ1n) is 6.73. The highest BCUT2D eigenvalue weighted by Gasteiger charge is 2.32.